The average molecular weight is 415 g/mol. The van der Waals surface area contributed by atoms with E-state index in [9.17, 15) is 22.8 Å². The van der Waals surface area contributed by atoms with Crippen molar-refractivity contribution in [2.45, 2.75) is 70.4 Å². The van der Waals surface area contributed by atoms with E-state index in [0.717, 1.165) is 37.8 Å². The van der Waals surface area contributed by atoms with E-state index in [1.54, 1.807) is 0 Å². The Labute approximate surface area is 168 Å². The van der Waals surface area contributed by atoms with Gasteiger partial charge in [0.2, 0.25) is 11.8 Å². The molecule has 0 aromatic heterocycles. The number of anilines is 1. The molecule has 29 heavy (non-hydrogen) atoms. The number of ether oxygens (including phenoxy) is 1. The minimum absolute atomic E-state index is 0.0376. The van der Waals surface area contributed by atoms with Gasteiger partial charge in [0, 0.05) is 29.9 Å². The number of amides is 2. The van der Waals surface area contributed by atoms with Crippen molar-refractivity contribution in [1.82, 2.24) is 10.2 Å². The normalized spacial score (nSPS) is 19.9. The first-order chi connectivity index (χ1) is 13.5. The summed E-state index contributed by atoms with van der Waals surface area (Å²) in [6.07, 6.45) is -1.53. The van der Waals surface area contributed by atoms with Crippen LogP contribution in [0.4, 0.5) is 18.9 Å². The molecule has 0 spiro atoms. The summed E-state index contributed by atoms with van der Waals surface area (Å²) in [5.41, 5.74) is 0.127. The SMILES string of the molecule is CC(C)N(C)C1CCC(NC(=O)CC(=O)Nc2cccc(OC(F)(F)F)c2)CC1. The molecule has 1 fully saturated rings. The summed E-state index contributed by atoms with van der Waals surface area (Å²) in [6.45, 7) is 4.30. The molecular formula is C20H28F3N3O3. The number of nitrogens with zero attached hydrogens (tertiary/aromatic N) is 1. The summed E-state index contributed by atoms with van der Waals surface area (Å²) < 4.78 is 40.6. The molecule has 162 valence electrons. The van der Waals surface area contributed by atoms with E-state index < -0.39 is 30.3 Å². The van der Waals surface area contributed by atoms with Gasteiger partial charge in [-0.05, 0) is 58.7 Å². The Bertz CT molecular complexity index is 702. The summed E-state index contributed by atoms with van der Waals surface area (Å²) in [7, 11) is 2.10. The Morgan fingerprint density at radius 2 is 1.83 bits per heavy atom. The fourth-order valence-electron chi connectivity index (χ4n) is 3.45. The highest BCUT2D eigenvalue weighted by atomic mass is 19.4. The van der Waals surface area contributed by atoms with E-state index in [4.69, 9.17) is 0 Å². The van der Waals surface area contributed by atoms with Gasteiger partial charge in [-0.3, -0.25) is 9.59 Å². The van der Waals surface area contributed by atoms with Crippen molar-refractivity contribution in [3.63, 3.8) is 0 Å². The number of hydrogen-bond acceptors (Lipinski definition) is 4. The smallest absolute Gasteiger partial charge is 0.406 e. The molecule has 1 aliphatic carbocycles. The maximum atomic E-state index is 12.3. The number of benzene rings is 1. The highest BCUT2D eigenvalue weighted by molar-refractivity contribution is 6.03. The van der Waals surface area contributed by atoms with Gasteiger partial charge in [0.1, 0.15) is 12.2 Å². The second-order valence-corrected chi connectivity index (χ2v) is 7.63. The molecule has 1 aromatic carbocycles. The van der Waals surface area contributed by atoms with Crippen molar-refractivity contribution in [3.8, 4) is 5.75 Å². The molecule has 9 heteroatoms. The van der Waals surface area contributed by atoms with Crippen LogP contribution in [0.25, 0.3) is 0 Å². The zero-order valence-corrected chi connectivity index (χ0v) is 16.9. The van der Waals surface area contributed by atoms with Gasteiger partial charge >= 0.3 is 6.36 Å². The van der Waals surface area contributed by atoms with Gasteiger partial charge in [-0.1, -0.05) is 6.07 Å². The number of hydrogen-bond donors (Lipinski definition) is 2. The standard InChI is InChI=1S/C20H28F3N3O3/c1-13(2)26(3)16-9-7-14(8-10-16)24-18(27)12-19(28)25-15-5-4-6-17(11-15)29-20(21,22)23/h4-6,11,13-14,16H,7-10,12H2,1-3H3,(H,24,27)(H,25,28). The minimum Gasteiger partial charge on any atom is -0.406 e. The number of carbonyl (C=O) groups is 2. The van der Waals surface area contributed by atoms with Gasteiger partial charge in [0.05, 0.1) is 0 Å². The monoisotopic (exact) mass is 415 g/mol. The predicted octanol–water partition coefficient (Wildman–Crippen LogP) is 3.68. The lowest BCUT2D eigenvalue weighted by atomic mass is 9.89. The van der Waals surface area contributed by atoms with E-state index in [1.807, 2.05) is 0 Å². The average Bonchev–Trinajstić information content (AvgIpc) is 2.60. The zero-order valence-electron chi connectivity index (χ0n) is 16.9. The topological polar surface area (TPSA) is 70.7 Å². The fraction of sp³-hybridized carbons (Fsp3) is 0.600. The van der Waals surface area contributed by atoms with Crippen molar-refractivity contribution in [3.05, 3.63) is 24.3 Å². The van der Waals surface area contributed by atoms with Crippen LogP contribution in [0.1, 0.15) is 46.0 Å². The quantitative estimate of drug-likeness (QED) is 0.667. The van der Waals surface area contributed by atoms with E-state index in [-0.39, 0.29) is 11.7 Å². The largest absolute Gasteiger partial charge is 0.573 e. The Kier molecular flexibility index (Phi) is 7.89. The number of alkyl halides is 3. The maximum absolute atomic E-state index is 12.3. The molecule has 6 nitrogen and oxygen atoms in total. The number of nitrogens with one attached hydrogen (secondary N) is 2. The summed E-state index contributed by atoms with van der Waals surface area (Å²) in [6, 6.07) is 5.93. The van der Waals surface area contributed by atoms with Gasteiger partial charge < -0.3 is 20.3 Å². The molecule has 2 N–H and O–H groups in total. The molecule has 0 atom stereocenters. The lowest BCUT2D eigenvalue weighted by Gasteiger charge is -2.37. The first-order valence-corrected chi connectivity index (χ1v) is 9.70. The highest BCUT2D eigenvalue weighted by Crippen LogP contribution is 2.25. The molecule has 0 heterocycles. The van der Waals surface area contributed by atoms with Crippen LogP contribution in [0, 0.1) is 0 Å². The van der Waals surface area contributed by atoms with Crippen LogP contribution in [0.5, 0.6) is 5.75 Å². The second-order valence-electron chi connectivity index (χ2n) is 7.63. The van der Waals surface area contributed by atoms with E-state index in [0.29, 0.717) is 12.1 Å². The predicted molar refractivity (Wildman–Crippen MR) is 103 cm³/mol. The van der Waals surface area contributed by atoms with Crippen LogP contribution >= 0.6 is 0 Å². The Morgan fingerprint density at radius 1 is 1.17 bits per heavy atom. The van der Waals surface area contributed by atoms with E-state index in [2.05, 4.69) is 41.2 Å². The summed E-state index contributed by atoms with van der Waals surface area (Å²) in [4.78, 5) is 26.5. The van der Waals surface area contributed by atoms with Crippen LogP contribution in [-0.2, 0) is 9.59 Å². The lowest BCUT2D eigenvalue weighted by Crippen LogP contribution is -2.45. The van der Waals surface area contributed by atoms with Crippen LogP contribution in [0.15, 0.2) is 24.3 Å². The molecule has 0 radical (unpaired) electrons. The molecule has 0 aliphatic heterocycles. The molecule has 0 unspecified atom stereocenters. The van der Waals surface area contributed by atoms with Gasteiger partial charge in [-0.25, -0.2) is 0 Å². The van der Waals surface area contributed by atoms with Gasteiger partial charge in [0.15, 0.2) is 0 Å². The second kappa shape index (κ2) is 9.96. The maximum Gasteiger partial charge on any atom is 0.573 e. The molecule has 0 saturated heterocycles. The molecular weight excluding hydrogens is 387 g/mol. The van der Waals surface area contributed by atoms with Crippen molar-refractivity contribution in [1.29, 1.82) is 0 Å². The molecule has 1 aromatic rings. The van der Waals surface area contributed by atoms with Gasteiger partial charge in [-0.2, -0.15) is 0 Å². The van der Waals surface area contributed by atoms with Crippen molar-refractivity contribution >= 4 is 17.5 Å². The molecule has 0 bridgehead atoms. The van der Waals surface area contributed by atoms with Crippen LogP contribution in [-0.4, -0.2) is 48.2 Å². The third-order valence-corrected chi connectivity index (χ3v) is 5.12. The van der Waals surface area contributed by atoms with Gasteiger partial charge in [-0.15, -0.1) is 13.2 Å². The van der Waals surface area contributed by atoms with Crippen molar-refractivity contribution in [2.24, 2.45) is 0 Å². The van der Waals surface area contributed by atoms with Crippen molar-refractivity contribution in [2.75, 3.05) is 12.4 Å². The van der Waals surface area contributed by atoms with Crippen LogP contribution in [0.3, 0.4) is 0 Å². The first-order valence-electron chi connectivity index (χ1n) is 9.70. The Morgan fingerprint density at radius 3 is 2.41 bits per heavy atom. The molecule has 1 saturated carbocycles. The van der Waals surface area contributed by atoms with Crippen molar-refractivity contribution < 1.29 is 27.5 Å². The number of carbonyl (C=O) groups excluding carboxylic acids is 2. The number of halogens is 3. The Hall–Kier alpha value is -2.29. The summed E-state index contributed by atoms with van der Waals surface area (Å²) in [5, 5.41) is 5.29. The third-order valence-electron chi connectivity index (χ3n) is 5.12. The molecule has 2 rings (SSSR count). The van der Waals surface area contributed by atoms with Crippen LogP contribution in [0.2, 0.25) is 0 Å². The lowest BCUT2D eigenvalue weighted by molar-refractivity contribution is -0.274. The first kappa shape index (κ1) is 23.0. The Balaban J connectivity index is 1.77. The zero-order chi connectivity index (χ0) is 21.6. The molecule has 2 amide bonds. The minimum atomic E-state index is -4.81. The van der Waals surface area contributed by atoms with E-state index in [1.165, 1.54) is 12.1 Å². The highest BCUT2D eigenvalue weighted by Gasteiger charge is 2.31. The summed E-state index contributed by atoms with van der Waals surface area (Å²) >= 11 is 0. The number of rotatable bonds is 7. The fourth-order valence-corrected chi connectivity index (χ4v) is 3.45. The third kappa shape index (κ3) is 7.92. The van der Waals surface area contributed by atoms with Gasteiger partial charge in [0.25, 0.3) is 0 Å². The summed E-state index contributed by atoms with van der Waals surface area (Å²) in [5.74, 6) is -1.44. The van der Waals surface area contributed by atoms with Crippen LogP contribution < -0.4 is 15.4 Å². The molecule has 1 aliphatic rings. The van der Waals surface area contributed by atoms with E-state index >= 15 is 0 Å².